The quantitative estimate of drug-likeness (QED) is 0.868. The topological polar surface area (TPSA) is 89.4 Å². The van der Waals surface area contributed by atoms with Crippen molar-refractivity contribution < 1.29 is 14.3 Å². The third kappa shape index (κ3) is 3.72. The summed E-state index contributed by atoms with van der Waals surface area (Å²) in [7, 11) is 0. The molecule has 2 atom stereocenters. The molecule has 2 amide bonds. The Hall–Kier alpha value is -2.90. The van der Waals surface area contributed by atoms with Gasteiger partial charge in [0.1, 0.15) is 30.5 Å². The summed E-state index contributed by atoms with van der Waals surface area (Å²) in [5.41, 5.74) is 0.530. The third-order valence-corrected chi connectivity index (χ3v) is 5.67. The molecule has 1 aromatic carbocycles. The summed E-state index contributed by atoms with van der Waals surface area (Å²) < 4.78 is 7.94. The summed E-state index contributed by atoms with van der Waals surface area (Å²) >= 11 is 0. The number of hydrogen-bond donors (Lipinski definition) is 1. The molecule has 0 saturated carbocycles. The first-order valence-corrected chi connectivity index (χ1v) is 9.76. The SMILES string of the molecule is CCN1CC[C@@]2(CCC1=O)C[C@@H](NC(=O)Cn1cncn1)c1ccccc1O2. The molecule has 0 radical (unpaired) electrons. The van der Waals surface area contributed by atoms with Gasteiger partial charge in [0.25, 0.3) is 0 Å². The average molecular weight is 383 g/mol. The van der Waals surface area contributed by atoms with Crippen LogP contribution in [0.25, 0.3) is 0 Å². The number of ether oxygens (including phenoxy) is 1. The van der Waals surface area contributed by atoms with Crippen LogP contribution in [0.4, 0.5) is 0 Å². The van der Waals surface area contributed by atoms with Crippen LogP contribution in [0.5, 0.6) is 5.75 Å². The van der Waals surface area contributed by atoms with Gasteiger partial charge in [-0.1, -0.05) is 18.2 Å². The summed E-state index contributed by atoms with van der Waals surface area (Å²) in [6, 6.07) is 7.66. The zero-order valence-corrected chi connectivity index (χ0v) is 16.0. The first-order valence-electron chi connectivity index (χ1n) is 9.76. The predicted molar refractivity (Wildman–Crippen MR) is 101 cm³/mol. The molecular formula is C20H25N5O3. The Morgan fingerprint density at radius 2 is 2.21 bits per heavy atom. The van der Waals surface area contributed by atoms with Crippen molar-refractivity contribution in [3.05, 3.63) is 42.5 Å². The van der Waals surface area contributed by atoms with E-state index in [2.05, 4.69) is 15.4 Å². The molecular weight excluding hydrogens is 358 g/mol. The lowest BCUT2D eigenvalue weighted by Crippen LogP contribution is -2.46. The molecule has 0 bridgehead atoms. The van der Waals surface area contributed by atoms with Gasteiger partial charge in [-0.15, -0.1) is 0 Å². The highest BCUT2D eigenvalue weighted by molar-refractivity contribution is 5.77. The molecule has 1 saturated heterocycles. The maximum atomic E-state index is 12.6. The predicted octanol–water partition coefficient (Wildman–Crippen LogP) is 1.69. The van der Waals surface area contributed by atoms with Gasteiger partial charge in [-0.3, -0.25) is 9.59 Å². The number of carbonyl (C=O) groups excluding carboxylic acids is 2. The van der Waals surface area contributed by atoms with E-state index >= 15 is 0 Å². The maximum Gasteiger partial charge on any atom is 0.242 e. The number of fused-ring (bicyclic) bond motifs is 1. The molecule has 2 aliphatic heterocycles. The minimum absolute atomic E-state index is 0.120. The molecule has 1 aromatic heterocycles. The second-order valence-electron chi connectivity index (χ2n) is 7.46. The van der Waals surface area contributed by atoms with Crippen LogP contribution in [-0.4, -0.2) is 50.2 Å². The first kappa shape index (κ1) is 18.5. The van der Waals surface area contributed by atoms with Crippen molar-refractivity contribution in [2.24, 2.45) is 0 Å². The Kier molecular flexibility index (Phi) is 5.02. The van der Waals surface area contributed by atoms with Gasteiger partial charge in [0.15, 0.2) is 0 Å². The van der Waals surface area contributed by atoms with Gasteiger partial charge >= 0.3 is 0 Å². The van der Waals surface area contributed by atoms with E-state index in [4.69, 9.17) is 4.74 Å². The van der Waals surface area contributed by atoms with E-state index in [1.54, 1.807) is 0 Å². The van der Waals surface area contributed by atoms with Gasteiger partial charge in [-0.25, -0.2) is 9.67 Å². The molecule has 1 spiro atoms. The van der Waals surface area contributed by atoms with Crippen molar-refractivity contribution in [3.8, 4) is 5.75 Å². The Bertz CT molecular complexity index is 853. The number of amides is 2. The van der Waals surface area contributed by atoms with Crippen molar-refractivity contribution >= 4 is 11.8 Å². The molecule has 0 unspecified atom stereocenters. The molecule has 0 aliphatic carbocycles. The lowest BCUT2D eigenvalue weighted by Gasteiger charge is -2.42. The number of para-hydroxylation sites is 1. The molecule has 2 aromatic rings. The number of nitrogens with zero attached hydrogens (tertiary/aromatic N) is 4. The third-order valence-electron chi connectivity index (χ3n) is 5.67. The molecule has 3 heterocycles. The number of aromatic nitrogens is 3. The molecule has 4 rings (SSSR count). The molecule has 2 aliphatic rings. The van der Waals surface area contributed by atoms with Crippen LogP contribution in [0, 0.1) is 0 Å². The van der Waals surface area contributed by atoms with E-state index in [0.29, 0.717) is 32.4 Å². The van der Waals surface area contributed by atoms with Crippen molar-refractivity contribution in [2.45, 2.75) is 50.8 Å². The van der Waals surface area contributed by atoms with E-state index in [0.717, 1.165) is 17.7 Å². The maximum absolute atomic E-state index is 12.6. The van der Waals surface area contributed by atoms with Crippen LogP contribution in [0.3, 0.4) is 0 Å². The normalized spacial score (nSPS) is 24.4. The minimum Gasteiger partial charge on any atom is -0.487 e. The molecule has 8 nitrogen and oxygen atoms in total. The van der Waals surface area contributed by atoms with E-state index < -0.39 is 5.60 Å². The van der Waals surface area contributed by atoms with E-state index in [-0.39, 0.29) is 24.4 Å². The molecule has 148 valence electrons. The Labute approximate surface area is 163 Å². The van der Waals surface area contributed by atoms with Crippen molar-refractivity contribution in [3.63, 3.8) is 0 Å². The van der Waals surface area contributed by atoms with Gasteiger partial charge in [0.2, 0.25) is 11.8 Å². The van der Waals surface area contributed by atoms with Crippen LogP contribution in [-0.2, 0) is 16.1 Å². The highest BCUT2D eigenvalue weighted by Crippen LogP contribution is 2.44. The van der Waals surface area contributed by atoms with E-state index in [1.807, 2.05) is 36.1 Å². The zero-order valence-electron chi connectivity index (χ0n) is 16.0. The van der Waals surface area contributed by atoms with Gasteiger partial charge in [-0.05, 0) is 19.4 Å². The monoisotopic (exact) mass is 383 g/mol. The van der Waals surface area contributed by atoms with Gasteiger partial charge in [0.05, 0.1) is 6.04 Å². The summed E-state index contributed by atoms with van der Waals surface area (Å²) in [4.78, 5) is 30.7. The van der Waals surface area contributed by atoms with Crippen LogP contribution in [0.1, 0.15) is 44.2 Å². The Balaban J connectivity index is 1.55. The average Bonchev–Trinajstić information content (AvgIpc) is 3.14. The summed E-state index contributed by atoms with van der Waals surface area (Å²) in [5.74, 6) is 0.841. The number of rotatable bonds is 4. The number of likely N-dealkylation sites (tertiary alicyclic amines) is 1. The van der Waals surface area contributed by atoms with Crippen molar-refractivity contribution in [1.82, 2.24) is 25.0 Å². The number of carbonyl (C=O) groups is 2. The van der Waals surface area contributed by atoms with Gasteiger partial charge < -0.3 is 15.0 Å². The van der Waals surface area contributed by atoms with E-state index in [9.17, 15) is 9.59 Å². The van der Waals surface area contributed by atoms with Crippen LogP contribution in [0.15, 0.2) is 36.9 Å². The molecule has 28 heavy (non-hydrogen) atoms. The van der Waals surface area contributed by atoms with Crippen molar-refractivity contribution in [1.29, 1.82) is 0 Å². The van der Waals surface area contributed by atoms with Gasteiger partial charge in [0, 0.05) is 37.9 Å². The lowest BCUT2D eigenvalue weighted by atomic mass is 9.82. The lowest BCUT2D eigenvalue weighted by molar-refractivity contribution is -0.130. The zero-order chi connectivity index (χ0) is 19.6. The van der Waals surface area contributed by atoms with Crippen LogP contribution < -0.4 is 10.1 Å². The Morgan fingerprint density at radius 3 is 3.00 bits per heavy atom. The van der Waals surface area contributed by atoms with Crippen molar-refractivity contribution in [2.75, 3.05) is 13.1 Å². The second kappa shape index (κ2) is 7.61. The highest BCUT2D eigenvalue weighted by atomic mass is 16.5. The summed E-state index contributed by atoms with van der Waals surface area (Å²) in [5, 5.41) is 7.13. The largest absolute Gasteiger partial charge is 0.487 e. The number of nitrogens with one attached hydrogen (secondary N) is 1. The first-order chi connectivity index (χ1) is 13.6. The fourth-order valence-corrected chi connectivity index (χ4v) is 4.17. The standard InChI is InChI=1S/C20H25N5O3/c1-2-24-10-9-20(8-7-19(24)27)11-16(15-5-3-4-6-17(15)28-20)23-18(26)12-25-14-21-13-22-25/h3-6,13-14,16H,2,7-12H2,1H3,(H,23,26)/t16-,20+/m1/s1. The fraction of sp³-hybridized carbons (Fsp3) is 0.500. The highest BCUT2D eigenvalue weighted by Gasteiger charge is 2.43. The van der Waals surface area contributed by atoms with Gasteiger partial charge in [-0.2, -0.15) is 5.10 Å². The summed E-state index contributed by atoms with van der Waals surface area (Å²) in [6.07, 6.45) is 5.47. The minimum atomic E-state index is -0.445. The molecule has 1 fully saturated rings. The fourth-order valence-electron chi connectivity index (χ4n) is 4.17. The van der Waals surface area contributed by atoms with E-state index in [1.165, 1.54) is 17.3 Å². The second-order valence-corrected chi connectivity index (χ2v) is 7.46. The molecule has 1 N–H and O–H groups in total. The smallest absolute Gasteiger partial charge is 0.242 e. The number of hydrogen-bond acceptors (Lipinski definition) is 5. The van der Waals surface area contributed by atoms with Crippen LogP contribution in [0.2, 0.25) is 0 Å². The number of benzene rings is 1. The Morgan fingerprint density at radius 1 is 1.36 bits per heavy atom. The summed E-state index contributed by atoms with van der Waals surface area (Å²) in [6.45, 7) is 3.51. The van der Waals surface area contributed by atoms with Crippen LogP contribution >= 0.6 is 0 Å². The molecule has 8 heteroatoms.